The van der Waals surface area contributed by atoms with Crippen molar-refractivity contribution in [1.82, 2.24) is 4.90 Å². The van der Waals surface area contributed by atoms with Gasteiger partial charge in [-0.15, -0.1) is 0 Å². The number of hydrogen-bond acceptors (Lipinski definition) is 2. The first kappa shape index (κ1) is 16.8. The molecule has 1 aliphatic heterocycles. The maximum Gasteiger partial charge on any atom is 0.261 e. The normalized spacial score (nSPS) is 14.1. The topological polar surface area (TPSA) is 40.6 Å². The van der Waals surface area contributed by atoms with E-state index < -0.39 is 0 Å². The maximum atomic E-state index is 13.1. The summed E-state index contributed by atoms with van der Waals surface area (Å²) in [5, 5.41) is 0.770. The van der Waals surface area contributed by atoms with Crippen molar-refractivity contribution in [2.45, 2.75) is 12.8 Å². The zero-order valence-electron chi connectivity index (χ0n) is 12.9. The molecule has 0 atom stereocenters. The predicted octanol–water partition coefficient (Wildman–Crippen LogP) is 4.22. The molecule has 1 saturated heterocycles. The Labute approximate surface area is 150 Å². The van der Waals surface area contributed by atoms with Crippen molar-refractivity contribution in [2.75, 3.05) is 18.1 Å². The predicted molar refractivity (Wildman–Crippen MR) is 95.5 cm³/mol. The quantitative estimate of drug-likeness (QED) is 0.816. The summed E-state index contributed by atoms with van der Waals surface area (Å²) in [5.41, 5.74) is 1.03. The number of halogens is 2. The summed E-state index contributed by atoms with van der Waals surface area (Å²) in [7, 11) is 0. The monoisotopic (exact) mass is 362 g/mol. The minimum atomic E-state index is -0.284. The molecule has 1 fully saturated rings. The summed E-state index contributed by atoms with van der Waals surface area (Å²) in [5.74, 6) is -0.227. The molecule has 24 heavy (non-hydrogen) atoms. The second kappa shape index (κ2) is 7.24. The van der Waals surface area contributed by atoms with E-state index in [0.29, 0.717) is 34.3 Å². The highest BCUT2D eigenvalue weighted by Crippen LogP contribution is 2.25. The Balaban J connectivity index is 1.96. The second-order valence-electron chi connectivity index (χ2n) is 5.60. The lowest BCUT2D eigenvalue weighted by Gasteiger charge is -2.28. The van der Waals surface area contributed by atoms with E-state index in [0.717, 1.165) is 6.42 Å². The largest absolute Gasteiger partial charge is 0.324 e. The lowest BCUT2D eigenvalue weighted by atomic mass is 10.2. The first-order chi connectivity index (χ1) is 11.6. The maximum absolute atomic E-state index is 13.1. The average molecular weight is 363 g/mol. The molecule has 0 unspecified atom stereocenters. The number of likely N-dealkylation sites (tertiary alicyclic amines) is 1. The molecule has 4 nitrogen and oxygen atoms in total. The molecule has 1 heterocycles. The number of carbonyl (C=O) groups is 2. The minimum absolute atomic E-state index is 0.0564. The van der Waals surface area contributed by atoms with Crippen molar-refractivity contribution >= 4 is 40.7 Å². The van der Waals surface area contributed by atoms with Crippen molar-refractivity contribution in [1.29, 1.82) is 0 Å². The first-order valence-corrected chi connectivity index (χ1v) is 8.41. The van der Waals surface area contributed by atoms with E-state index in [1.54, 1.807) is 28.0 Å². The van der Waals surface area contributed by atoms with Gasteiger partial charge in [-0.2, -0.15) is 0 Å². The summed E-state index contributed by atoms with van der Waals surface area (Å²) in [6, 6.07) is 14.0. The number of hydrogen-bond donors (Lipinski definition) is 0. The molecule has 0 bridgehead atoms. The van der Waals surface area contributed by atoms with Gasteiger partial charge < -0.3 is 4.90 Å². The van der Waals surface area contributed by atoms with Gasteiger partial charge in [-0.05, 0) is 36.8 Å². The van der Waals surface area contributed by atoms with Crippen LogP contribution in [0.3, 0.4) is 0 Å². The lowest BCUT2D eigenvalue weighted by Crippen LogP contribution is -2.42. The van der Waals surface area contributed by atoms with E-state index in [1.165, 1.54) is 0 Å². The molecule has 124 valence electrons. The van der Waals surface area contributed by atoms with Gasteiger partial charge in [0.2, 0.25) is 5.91 Å². The van der Waals surface area contributed by atoms with Gasteiger partial charge in [-0.1, -0.05) is 41.4 Å². The van der Waals surface area contributed by atoms with E-state index >= 15 is 0 Å². The summed E-state index contributed by atoms with van der Waals surface area (Å²) >= 11 is 12.2. The van der Waals surface area contributed by atoms with Crippen LogP contribution in [-0.2, 0) is 4.79 Å². The molecule has 0 saturated carbocycles. The van der Waals surface area contributed by atoms with Gasteiger partial charge >= 0.3 is 0 Å². The highest BCUT2D eigenvalue weighted by atomic mass is 35.5. The Hall–Kier alpha value is -2.04. The number of nitrogens with zero attached hydrogens (tertiary/aromatic N) is 2. The molecule has 0 N–H and O–H groups in total. The van der Waals surface area contributed by atoms with E-state index in [2.05, 4.69) is 0 Å². The van der Waals surface area contributed by atoms with E-state index in [9.17, 15) is 9.59 Å². The van der Waals surface area contributed by atoms with E-state index in [-0.39, 0.29) is 18.5 Å². The van der Waals surface area contributed by atoms with Gasteiger partial charge in [0.05, 0.1) is 10.6 Å². The van der Waals surface area contributed by atoms with Crippen molar-refractivity contribution < 1.29 is 9.59 Å². The smallest absolute Gasteiger partial charge is 0.261 e. The summed E-state index contributed by atoms with van der Waals surface area (Å²) in [6.07, 6.45) is 1.34. The van der Waals surface area contributed by atoms with Crippen molar-refractivity contribution in [3.05, 3.63) is 64.1 Å². The van der Waals surface area contributed by atoms with Gasteiger partial charge in [0.1, 0.15) is 6.67 Å². The van der Waals surface area contributed by atoms with Gasteiger partial charge in [0, 0.05) is 23.7 Å². The number of carbonyl (C=O) groups excluding carboxylic acids is 2. The van der Waals surface area contributed by atoms with Crippen LogP contribution in [0, 0.1) is 0 Å². The minimum Gasteiger partial charge on any atom is -0.324 e. The number of rotatable bonds is 4. The van der Waals surface area contributed by atoms with E-state index in [4.69, 9.17) is 23.2 Å². The zero-order chi connectivity index (χ0) is 17.1. The Morgan fingerprint density at radius 3 is 2.54 bits per heavy atom. The van der Waals surface area contributed by atoms with Gasteiger partial charge in [0.15, 0.2) is 0 Å². The molecule has 0 aromatic heterocycles. The number of benzene rings is 2. The summed E-state index contributed by atoms with van der Waals surface area (Å²) in [6.45, 7) is 0.850. The van der Waals surface area contributed by atoms with Crippen molar-refractivity contribution in [3.63, 3.8) is 0 Å². The third-order valence-electron chi connectivity index (χ3n) is 3.96. The van der Waals surface area contributed by atoms with Gasteiger partial charge in [-0.25, -0.2) is 0 Å². The fourth-order valence-corrected chi connectivity index (χ4v) is 3.07. The highest BCUT2D eigenvalue weighted by Gasteiger charge is 2.27. The Kier molecular flexibility index (Phi) is 5.07. The van der Waals surface area contributed by atoms with Crippen LogP contribution < -0.4 is 4.90 Å². The number of para-hydroxylation sites is 1. The molecule has 3 rings (SSSR count). The Morgan fingerprint density at radius 1 is 1.12 bits per heavy atom. The molecule has 6 heteroatoms. The third-order valence-corrected chi connectivity index (χ3v) is 4.52. The zero-order valence-corrected chi connectivity index (χ0v) is 14.4. The molecule has 0 spiro atoms. The SMILES string of the molecule is O=C1CCCN1CN(C(=O)c1cc(Cl)ccc1Cl)c1ccccc1. The van der Waals surface area contributed by atoms with Gasteiger partial charge in [-0.3, -0.25) is 14.5 Å². The van der Waals surface area contributed by atoms with Crippen LogP contribution in [0.1, 0.15) is 23.2 Å². The summed E-state index contributed by atoms with van der Waals surface area (Å²) < 4.78 is 0. The molecular weight excluding hydrogens is 347 g/mol. The standard InChI is InChI=1S/C18H16Cl2N2O2/c19-13-8-9-16(20)15(11-13)18(24)22(14-5-2-1-3-6-14)12-21-10-4-7-17(21)23/h1-3,5-6,8-9,11H,4,7,10,12H2. The fourth-order valence-electron chi connectivity index (χ4n) is 2.70. The molecule has 2 aromatic carbocycles. The van der Waals surface area contributed by atoms with Crippen molar-refractivity contribution in [3.8, 4) is 0 Å². The van der Waals surface area contributed by atoms with Crippen LogP contribution in [0.5, 0.6) is 0 Å². The Bertz CT molecular complexity index is 765. The molecular formula is C18H16Cl2N2O2. The summed E-state index contributed by atoms with van der Waals surface area (Å²) in [4.78, 5) is 28.3. The average Bonchev–Trinajstić information content (AvgIpc) is 3.00. The molecule has 2 amide bonds. The van der Waals surface area contributed by atoms with Crippen LogP contribution in [0.25, 0.3) is 0 Å². The Morgan fingerprint density at radius 2 is 1.88 bits per heavy atom. The van der Waals surface area contributed by atoms with Crippen LogP contribution in [0.4, 0.5) is 5.69 Å². The highest BCUT2D eigenvalue weighted by molar-refractivity contribution is 6.36. The molecule has 0 radical (unpaired) electrons. The van der Waals surface area contributed by atoms with Gasteiger partial charge in [0.25, 0.3) is 5.91 Å². The van der Waals surface area contributed by atoms with Crippen LogP contribution in [-0.4, -0.2) is 29.9 Å². The van der Waals surface area contributed by atoms with Crippen LogP contribution in [0.15, 0.2) is 48.5 Å². The van der Waals surface area contributed by atoms with Crippen molar-refractivity contribution in [2.24, 2.45) is 0 Å². The van der Waals surface area contributed by atoms with E-state index in [1.807, 2.05) is 30.3 Å². The molecule has 1 aliphatic rings. The number of anilines is 1. The number of amides is 2. The fraction of sp³-hybridized carbons (Fsp3) is 0.222. The van der Waals surface area contributed by atoms with Crippen LogP contribution >= 0.6 is 23.2 Å². The molecule has 2 aromatic rings. The molecule has 0 aliphatic carbocycles. The first-order valence-electron chi connectivity index (χ1n) is 7.66. The lowest BCUT2D eigenvalue weighted by molar-refractivity contribution is -0.127. The van der Waals surface area contributed by atoms with Crippen LogP contribution in [0.2, 0.25) is 10.0 Å². The second-order valence-corrected chi connectivity index (χ2v) is 6.44. The third kappa shape index (κ3) is 3.55.